The van der Waals surface area contributed by atoms with Crippen LogP contribution in [0.3, 0.4) is 0 Å². The zero-order valence-electron chi connectivity index (χ0n) is 16.3. The molecule has 0 spiro atoms. The summed E-state index contributed by atoms with van der Waals surface area (Å²) in [5, 5.41) is 5.33. The first kappa shape index (κ1) is 20.4. The van der Waals surface area contributed by atoms with Crippen molar-refractivity contribution in [2.24, 2.45) is 0 Å². The van der Waals surface area contributed by atoms with Crippen LogP contribution in [0.15, 0.2) is 133 Å². The van der Waals surface area contributed by atoms with Gasteiger partial charge in [0.05, 0.1) is 0 Å². The van der Waals surface area contributed by atoms with Crippen molar-refractivity contribution in [3.63, 3.8) is 0 Å². The average molecular weight is 369 g/mol. The van der Waals surface area contributed by atoms with Gasteiger partial charge in [0.15, 0.2) is 8.07 Å². The lowest BCUT2D eigenvalue weighted by Gasteiger charge is -2.36. The van der Waals surface area contributed by atoms with Gasteiger partial charge in [0.1, 0.15) is 0 Å². The Kier molecular flexibility index (Phi) is 7.78. The summed E-state index contributed by atoms with van der Waals surface area (Å²) in [6, 6.07) is 21.7. The van der Waals surface area contributed by atoms with Crippen molar-refractivity contribution in [3.8, 4) is 0 Å². The van der Waals surface area contributed by atoms with Gasteiger partial charge in [-0.2, -0.15) is 0 Å². The van der Waals surface area contributed by atoms with Gasteiger partial charge in [-0.3, -0.25) is 0 Å². The van der Waals surface area contributed by atoms with E-state index in [1.165, 1.54) is 20.8 Å². The predicted octanol–water partition coefficient (Wildman–Crippen LogP) is 5.71. The molecule has 0 unspecified atom stereocenters. The third-order valence-electron chi connectivity index (χ3n) is 4.65. The molecule has 136 valence electrons. The minimum atomic E-state index is -2.46. The fourth-order valence-corrected chi connectivity index (χ4v) is 8.55. The molecule has 0 saturated carbocycles. The van der Waals surface area contributed by atoms with Gasteiger partial charge >= 0.3 is 0 Å². The third kappa shape index (κ3) is 4.26. The Morgan fingerprint density at radius 1 is 0.741 bits per heavy atom. The predicted molar refractivity (Wildman–Crippen MR) is 124 cm³/mol. The molecule has 2 aromatic rings. The van der Waals surface area contributed by atoms with E-state index in [1.807, 2.05) is 18.2 Å². The zero-order valence-corrected chi connectivity index (χ0v) is 17.3. The second-order valence-corrected chi connectivity index (χ2v) is 9.99. The van der Waals surface area contributed by atoms with Crippen LogP contribution in [0.5, 0.6) is 0 Å². The van der Waals surface area contributed by atoms with Crippen LogP contribution in [0.2, 0.25) is 0 Å². The molecule has 2 rings (SSSR count). The molecule has 1 heteroatoms. The van der Waals surface area contributed by atoms with Crippen molar-refractivity contribution >= 4 is 18.4 Å². The topological polar surface area (TPSA) is 0 Å². The van der Waals surface area contributed by atoms with E-state index >= 15 is 0 Å². The second-order valence-electron chi connectivity index (χ2n) is 6.18. The molecule has 2 aromatic carbocycles. The SMILES string of the molecule is C=C/C=C\C(=C/C)[Si](C(/C=C\C)=C/C=C)(c1ccccc1)c1ccccc1. The van der Waals surface area contributed by atoms with Gasteiger partial charge in [-0.25, -0.2) is 0 Å². The summed E-state index contributed by atoms with van der Waals surface area (Å²) < 4.78 is 0. The maximum Gasteiger partial charge on any atom is 0.179 e. The molecule has 0 aliphatic heterocycles. The molecule has 0 aliphatic carbocycles. The third-order valence-corrected chi connectivity index (χ3v) is 9.57. The van der Waals surface area contributed by atoms with Crippen LogP contribution in [0, 0.1) is 0 Å². The first-order valence-electron chi connectivity index (χ1n) is 9.28. The summed E-state index contributed by atoms with van der Waals surface area (Å²) >= 11 is 0. The second kappa shape index (κ2) is 10.3. The van der Waals surface area contributed by atoms with Gasteiger partial charge in [0, 0.05) is 0 Å². The molecule has 0 heterocycles. The van der Waals surface area contributed by atoms with Crippen molar-refractivity contribution in [1.29, 1.82) is 0 Å². The zero-order chi connectivity index (χ0) is 19.5. The van der Waals surface area contributed by atoms with Gasteiger partial charge in [-0.05, 0) is 34.6 Å². The Hall–Kier alpha value is -2.90. The molecule has 0 atom stereocenters. The van der Waals surface area contributed by atoms with E-state index in [4.69, 9.17) is 0 Å². The van der Waals surface area contributed by atoms with E-state index in [9.17, 15) is 0 Å². The molecule has 0 aromatic heterocycles. The van der Waals surface area contributed by atoms with Gasteiger partial charge in [-0.15, -0.1) is 0 Å². The highest BCUT2D eigenvalue weighted by atomic mass is 28.3. The molecule has 0 aliphatic rings. The highest BCUT2D eigenvalue weighted by Gasteiger charge is 2.42. The Bertz CT molecular complexity index is 825. The van der Waals surface area contributed by atoms with E-state index < -0.39 is 8.07 Å². The van der Waals surface area contributed by atoms with E-state index in [0.29, 0.717) is 0 Å². The minimum Gasteiger partial charge on any atom is -0.0991 e. The molecule has 0 saturated heterocycles. The van der Waals surface area contributed by atoms with Gasteiger partial charge in [0.25, 0.3) is 0 Å². The van der Waals surface area contributed by atoms with Crippen LogP contribution in [0.1, 0.15) is 13.8 Å². The quantitative estimate of drug-likeness (QED) is 0.414. The normalized spacial score (nSPS) is 13.3. The van der Waals surface area contributed by atoms with Crippen molar-refractivity contribution in [1.82, 2.24) is 0 Å². The lowest BCUT2D eigenvalue weighted by molar-refractivity contribution is 1.58. The number of hydrogen-bond donors (Lipinski definition) is 0. The molecule has 0 bridgehead atoms. The fourth-order valence-electron chi connectivity index (χ4n) is 3.60. The molecular formula is C26H28Si. The number of allylic oxidation sites excluding steroid dienone is 10. The van der Waals surface area contributed by atoms with Crippen molar-refractivity contribution in [2.75, 3.05) is 0 Å². The van der Waals surface area contributed by atoms with Crippen molar-refractivity contribution in [3.05, 3.63) is 133 Å². The van der Waals surface area contributed by atoms with E-state index in [-0.39, 0.29) is 0 Å². The van der Waals surface area contributed by atoms with Crippen LogP contribution in [-0.2, 0) is 0 Å². The van der Waals surface area contributed by atoms with Crippen LogP contribution in [0.25, 0.3) is 0 Å². The number of hydrogen-bond acceptors (Lipinski definition) is 0. The molecule has 0 radical (unpaired) electrons. The highest BCUT2D eigenvalue weighted by Crippen LogP contribution is 2.27. The van der Waals surface area contributed by atoms with Gasteiger partial charge < -0.3 is 0 Å². The average Bonchev–Trinajstić information content (AvgIpc) is 2.72. The first-order valence-corrected chi connectivity index (χ1v) is 11.3. The summed E-state index contributed by atoms with van der Waals surface area (Å²) in [5.74, 6) is 0. The van der Waals surface area contributed by atoms with Gasteiger partial charge in [0.2, 0.25) is 0 Å². The molecule has 0 N–H and O–H groups in total. The first-order chi connectivity index (χ1) is 13.2. The largest absolute Gasteiger partial charge is 0.179 e. The number of rotatable bonds is 8. The summed E-state index contributed by atoms with van der Waals surface area (Å²) in [6.07, 6.45) is 16.7. The van der Waals surface area contributed by atoms with Crippen LogP contribution < -0.4 is 10.4 Å². The Labute approximate surface area is 165 Å². The number of benzene rings is 2. The standard InChI is InChI=1S/C26H28Si/c1-5-9-18-23(8-4)27(24(16-6-2)17-7-3,25-19-12-10-13-20-25)26-21-14-11-15-22-26/h5-22H,1-2H2,3-4H3/b17-7-,18-9-,23-8+,24-16+. The summed E-state index contributed by atoms with van der Waals surface area (Å²) in [5.41, 5.74) is 0. The molecule has 0 amide bonds. The van der Waals surface area contributed by atoms with Crippen molar-refractivity contribution in [2.45, 2.75) is 13.8 Å². The van der Waals surface area contributed by atoms with Crippen LogP contribution in [0.4, 0.5) is 0 Å². The molecule has 0 nitrogen and oxygen atoms in total. The van der Waals surface area contributed by atoms with Gasteiger partial charge in [-0.1, -0.05) is 122 Å². The maximum absolute atomic E-state index is 3.99. The molecular weight excluding hydrogens is 340 g/mol. The summed E-state index contributed by atoms with van der Waals surface area (Å²) in [6.45, 7) is 12.1. The Balaban J connectivity index is 3.02. The van der Waals surface area contributed by atoms with Crippen molar-refractivity contribution < 1.29 is 0 Å². The fraction of sp³-hybridized carbons (Fsp3) is 0.0769. The smallest absolute Gasteiger partial charge is 0.0991 e. The summed E-state index contributed by atoms with van der Waals surface area (Å²) in [4.78, 5) is 0. The van der Waals surface area contributed by atoms with E-state index in [0.717, 1.165) is 0 Å². The lowest BCUT2D eigenvalue weighted by atomic mass is 10.3. The van der Waals surface area contributed by atoms with E-state index in [1.54, 1.807) is 0 Å². The van der Waals surface area contributed by atoms with Crippen LogP contribution in [-0.4, -0.2) is 8.07 Å². The maximum atomic E-state index is 3.99. The lowest BCUT2D eigenvalue weighted by Crippen LogP contribution is -2.61. The monoisotopic (exact) mass is 368 g/mol. The van der Waals surface area contributed by atoms with E-state index in [2.05, 4.69) is 118 Å². The summed E-state index contributed by atoms with van der Waals surface area (Å²) in [7, 11) is -2.46. The highest BCUT2D eigenvalue weighted by molar-refractivity contribution is 7.13. The minimum absolute atomic E-state index is 1.30. The molecule has 27 heavy (non-hydrogen) atoms. The Morgan fingerprint density at radius 3 is 1.70 bits per heavy atom. The Morgan fingerprint density at radius 2 is 1.30 bits per heavy atom. The van der Waals surface area contributed by atoms with Crippen LogP contribution >= 0.6 is 0 Å². The molecule has 0 fully saturated rings.